The van der Waals surface area contributed by atoms with Crippen molar-refractivity contribution in [2.24, 2.45) is 0 Å². The highest BCUT2D eigenvalue weighted by Gasteiger charge is 2.03. The van der Waals surface area contributed by atoms with Crippen LogP contribution >= 0.6 is 11.6 Å². The maximum absolute atomic E-state index is 12.0. The van der Waals surface area contributed by atoms with E-state index >= 15 is 0 Å². The van der Waals surface area contributed by atoms with Gasteiger partial charge in [0.25, 0.3) is 0 Å². The summed E-state index contributed by atoms with van der Waals surface area (Å²) in [6.45, 7) is 0. The van der Waals surface area contributed by atoms with Crippen LogP contribution in [0, 0.1) is 0 Å². The van der Waals surface area contributed by atoms with E-state index in [0.29, 0.717) is 10.4 Å². The molecule has 3 aromatic rings. The van der Waals surface area contributed by atoms with E-state index in [2.05, 4.69) is 4.98 Å². The Morgan fingerprint density at radius 1 is 0.944 bits per heavy atom. The lowest BCUT2D eigenvalue weighted by Gasteiger charge is -2.04. The van der Waals surface area contributed by atoms with E-state index in [1.165, 1.54) is 0 Å². The Bertz CT molecular complexity index is 777. The fraction of sp³-hybridized carbons (Fsp3) is 0. The topological polar surface area (TPSA) is 32.9 Å². The fourth-order valence-corrected chi connectivity index (χ4v) is 2.20. The molecular formula is C15H10ClNO. The highest BCUT2D eigenvalue weighted by atomic mass is 35.5. The summed E-state index contributed by atoms with van der Waals surface area (Å²) in [6, 6.07) is 16.5. The number of benzene rings is 2. The number of nitrogens with one attached hydrogen (secondary N) is 1. The number of halogens is 1. The minimum atomic E-state index is 0.0133. The van der Waals surface area contributed by atoms with Crippen molar-refractivity contribution in [2.75, 3.05) is 0 Å². The Balaban J connectivity index is 2.28. The number of aromatic nitrogens is 1. The number of aromatic amines is 1. The van der Waals surface area contributed by atoms with E-state index in [1.807, 2.05) is 48.5 Å². The molecule has 1 aromatic heterocycles. The van der Waals surface area contributed by atoms with E-state index in [1.54, 1.807) is 6.07 Å². The van der Waals surface area contributed by atoms with Crippen molar-refractivity contribution in [2.45, 2.75) is 0 Å². The van der Waals surface area contributed by atoms with Crippen molar-refractivity contribution in [1.29, 1.82) is 0 Å². The Hall–Kier alpha value is -2.06. The molecule has 0 bridgehead atoms. The molecule has 0 spiro atoms. The van der Waals surface area contributed by atoms with E-state index in [4.69, 9.17) is 11.6 Å². The molecule has 3 heteroatoms. The summed E-state index contributed by atoms with van der Waals surface area (Å²) >= 11 is 5.96. The molecule has 3 rings (SSSR count). The Labute approximate surface area is 109 Å². The lowest BCUT2D eigenvalue weighted by Crippen LogP contribution is -2.02. The molecule has 88 valence electrons. The predicted octanol–water partition coefficient (Wildman–Crippen LogP) is 3.85. The quantitative estimate of drug-likeness (QED) is 0.704. The van der Waals surface area contributed by atoms with Gasteiger partial charge in [-0.05, 0) is 29.8 Å². The van der Waals surface area contributed by atoms with E-state index in [0.717, 1.165) is 16.8 Å². The van der Waals surface area contributed by atoms with Crippen LogP contribution in [0.25, 0.3) is 22.2 Å². The van der Waals surface area contributed by atoms with Gasteiger partial charge in [-0.25, -0.2) is 0 Å². The Kier molecular flexibility index (Phi) is 2.65. The van der Waals surface area contributed by atoms with Crippen LogP contribution in [0.4, 0.5) is 0 Å². The zero-order valence-corrected chi connectivity index (χ0v) is 10.2. The molecule has 0 atom stereocenters. The van der Waals surface area contributed by atoms with Crippen molar-refractivity contribution >= 4 is 22.5 Å². The minimum Gasteiger partial charge on any atom is -0.354 e. The number of hydrogen-bond acceptors (Lipinski definition) is 1. The number of H-pyrrole nitrogens is 1. The van der Waals surface area contributed by atoms with Gasteiger partial charge in [0, 0.05) is 27.7 Å². The second-order valence-corrected chi connectivity index (χ2v) is 4.54. The summed E-state index contributed by atoms with van der Waals surface area (Å²) in [7, 11) is 0. The number of hydrogen-bond donors (Lipinski definition) is 1. The fourth-order valence-electron chi connectivity index (χ4n) is 2.01. The summed E-state index contributed by atoms with van der Waals surface area (Å²) in [5, 5.41) is 1.35. The van der Waals surface area contributed by atoms with Crippen molar-refractivity contribution in [1.82, 2.24) is 4.98 Å². The van der Waals surface area contributed by atoms with Crippen LogP contribution in [0.3, 0.4) is 0 Å². The molecule has 0 aliphatic heterocycles. The normalized spacial score (nSPS) is 10.7. The van der Waals surface area contributed by atoms with Crippen LogP contribution in [0.1, 0.15) is 0 Å². The molecule has 0 fully saturated rings. The van der Waals surface area contributed by atoms with Crippen molar-refractivity contribution in [3.63, 3.8) is 0 Å². The van der Waals surface area contributed by atoms with E-state index < -0.39 is 0 Å². The molecule has 1 N–H and O–H groups in total. The van der Waals surface area contributed by atoms with Gasteiger partial charge in [0.2, 0.25) is 0 Å². The summed E-state index contributed by atoms with van der Waals surface area (Å²) < 4.78 is 0. The van der Waals surface area contributed by atoms with Crippen LogP contribution in [-0.4, -0.2) is 4.98 Å². The molecule has 2 aromatic carbocycles. The molecular weight excluding hydrogens is 246 g/mol. The first-order valence-corrected chi connectivity index (χ1v) is 6.00. The lowest BCUT2D eigenvalue weighted by atomic mass is 10.1. The molecule has 0 saturated heterocycles. The largest absolute Gasteiger partial charge is 0.354 e. The van der Waals surface area contributed by atoms with Gasteiger partial charge in [0.1, 0.15) is 0 Å². The third-order valence-corrected chi connectivity index (χ3v) is 3.11. The monoisotopic (exact) mass is 255 g/mol. The standard InChI is InChI=1S/C15H10ClNO/c16-11-5-3-4-10(8-11)14-9-15(18)12-6-1-2-7-13(12)17-14/h1-9H,(H,17,18). The zero-order valence-electron chi connectivity index (χ0n) is 9.48. The zero-order chi connectivity index (χ0) is 12.5. The number of pyridine rings is 1. The molecule has 0 unspecified atom stereocenters. The van der Waals surface area contributed by atoms with Gasteiger partial charge in [-0.15, -0.1) is 0 Å². The Morgan fingerprint density at radius 2 is 1.78 bits per heavy atom. The molecule has 0 aliphatic carbocycles. The van der Waals surface area contributed by atoms with Crippen LogP contribution in [-0.2, 0) is 0 Å². The highest BCUT2D eigenvalue weighted by Crippen LogP contribution is 2.21. The molecule has 2 nitrogen and oxygen atoms in total. The number of rotatable bonds is 1. The van der Waals surface area contributed by atoms with Crippen molar-refractivity contribution in [3.05, 3.63) is 69.8 Å². The first kappa shape index (κ1) is 11.1. The maximum atomic E-state index is 12.0. The van der Waals surface area contributed by atoms with Gasteiger partial charge in [0.15, 0.2) is 5.43 Å². The summed E-state index contributed by atoms with van der Waals surface area (Å²) in [5.41, 5.74) is 2.53. The van der Waals surface area contributed by atoms with Crippen LogP contribution in [0.5, 0.6) is 0 Å². The van der Waals surface area contributed by atoms with Gasteiger partial charge < -0.3 is 4.98 Å². The van der Waals surface area contributed by atoms with Gasteiger partial charge in [-0.2, -0.15) is 0 Å². The number of para-hydroxylation sites is 1. The summed E-state index contributed by atoms with van der Waals surface area (Å²) in [6.07, 6.45) is 0. The summed E-state index contributed by atoms with van der Waals surface area (Å²) in [4.78, 5) is 15.3. The van der Waals surface area contributed by atoms with Crippen molar-refractivity contribution < 1.29 is 0 Å². The first-order chi connectivity index (χ1) is 8.74. The minimum absolute atomic E-state index is 0.0133. The van der Waals surface area contributed by atoms with Crippen LogP contribution in [0.2, 0.25) is 5.02 Å². The molecule has 0 radical (unpaired) electrons. The van der Waals surface area contributed by atoms with Gasteiger partial charge in [-0.1, -0.05) is 35.9 Å². The SMILES string of the molecule is O=c1cc(-c2cccc(Cl)c2)[nH]c2ccccc12. The smallest absolute Gasteiger partial charge is 0.190 e. The van der Waals surface area contributed by atoms with Gasteiger partial charge in [-0.3, -0.25) is 4.79 Å². The lowest BCUT2D eigenvalue weighted by molar-refractivity contribution is 1.38. The van der Waals surface area contributed by atoms with Crippen LogP contribution in [0.15, 0.2) is 59.4 Å². The molecule has 0 amide bonds. The molecule has 0 aliphatic rings. The second-order valence-electron chi connectivity index (χ2n) is 4.10. The molecule has 0 saturated carbocycles. The highest BCUT2D eigenvalue weighted by molar-refractivity contribution is 6.30. The van der Waals surface area contributed by atoms with Crippen molar-refractivity contribution in [3.8, 4) is 11.3 Å². The second kappa shape index (κ2) is 4.31. The molecule has 1 heterocycles. The maximum Gasteiger partial charge on any atom is 0.190 e. The van der Waals surface area contributed by atoms with Crippen LogP contribution < -0.4 is 5.43 Å². The van der Waals surface area contributed by atoms with Gasteiger partial charge in [0.05, 0.1) is 0 Å². The third kappa shape index (κ3) is 1.91. The Morgan fingerprint density at radius 3 is 2.61 bits per heavy atom. The number of fused-ring (bicyclic) bond motifs is 1. The van der Waals surface area contributed by atoms with E-state index in [-0.39, 0.29) is 5.43 Å². The molecule has 18 heavy (non-hydrogen) atoms. The summed E-state index contributed by atoms with van der Waals surface area (Å²) in [5.74, 6) is 0. The van der Waals surface area contributed by atoms with E-state index in [9.17, 15) is 4.79 Å². The average Bonchev–Trinajstić information content (AvgIpc) is 2.39. The third-order valence-electron chi connectivity index (χ3n) is 2.87. The first-order valence-electron chi connectivity index (χ1n) is 5.62. The average molecular weight is 256 g/mol. The van der Waals surface area contributed by atoms with Gasteiger partial charge >= 0.3 is 0 Å². The predicted molar refractivity (Wildman–Crippen MR) is 75.0 cm³/mol.